The van der Waals surface area contributed by atoms with Gasteiger partial charge in [0.05, 0.1) is 6.61 Å². The summed E-state index contributed by atoms with van der Waals surface area (Å²) < 4.78 is 14.6. The van der Waals surface area contributed by atoms with Gasteiger partial charge in [-0.2, -0.15) is 4.99 Å². The molecule has 0 aromatic rings. The number of carbonyl (C=O) groups is 2. The van der Waals surface area contributed by atoms with E-state index in [1.165, 1.54) is 19.9 Å². The predicted molar refractivity (Wildman–Crippen MR) is 69.4 cm³/mol. The number of esters is 2. The van der Waals surface area contributed by atoms with E-state index in [1.54, 1.807) is 0 Å². The van der Waals surface area contributed by atoms with Crippen LogP contribution >= 0.6 is 0 Å². The highest BCUT2D eigenvalue weighted by Gasteiger charge is 2.14. The van der Waals surface area contributed by atoms with Crippen molar-refractivity contribution in [2.24, 2.45) is 4.99 Å². The van der Waals surface area contributed by atoms with E-state index in [4.69, 9.17) is 14.2 Å². The Morgan fingerprint density at radius 2 is 1.75 bits per heavy atom. The minimum absolute atomic E-state index is 0.0116. The van der Waals surface area contributed by atoms with Crippen LogP contribution in [0.25, 0.3) is 0 Å². The van der Waals surface area contributed by atoms with E-state index in [-0.39, 0.29) is 31.0 Å². The summed E-state index contributed by atoms with van der Waals surface area (Å²) in [5, 5.41) is 0. The molecule has 1 atom stereocenters. The molecule has 0 N–H and O–H groups in total. The van der Waals surface area contributed by atoms with Crippen molar-refractivity contribution in [3.05, 3.63) is 24.3 Å². The highest BCUT2D eigenvalue weighted by Crippen LogP contribution is 2.01. The minimum atomic E-state index is -1.10. The van der Waals surface area contributed by atoms with Crippen LogP contribution in [-0.4, -0.2) is 44.1 Å². The Balaban J connectivity index is 4.01. The van der Waals surface area contributed by atoms with Crippen molar-refractivity contribution in [3.63, 3.8) is 0 Å². The van der Waals surface area contributed by atoms with Crippen molar-refractivity contribution in [1.29, 1.82) is 0 Å². The van der Waals surface area contributed by atoms with Crippen molar-refractivity contribution < 1.29 is 28.6 Å². The summed E-state index contributed by atoms with van der Waals surface area (Å²) in [5.74, 6) is -1.21. The molecular weight excluding hydrogens is 266 g/mol. The normalized spacial score (nSPS) is 10.9. The van der Waals surface area contributed by atoms with E-state index in [1.807, 2.05) is 0 Å². The van der Waals surface area contributed by atoms with E-state index in [2.05, 4.69) is 18.2 Å². The third kappa shape index (κ3) is 7.97. The first-order valence-electron chi connectivity index (χ1n) is 5.72. The molecule has 0 bridgehead atoms. The SMILES string of the molecule is C=C(C)C(=O)OCCOCC(N=C=O)OC(=O)C(=C)C. The van der Waals surface area contributed by atoms with Gasteiger partial charge in [-0.25, -0.2) is 14.4 Å². The maximum absolute atomic E-state index is 11.2. The first-order valence-corrected chi connectivity index (χ1v) is 5.72. The third-order valence-corrected chi connectivity index (χ3v) is 1.86. The third-order valence-electron chi connectivity index (χ3n) is 1.86. The molecule has 0 saturated carbocycles. The molecule has 0 spiro atoms. The fraction of sp³-hybridized carbons (Fsp3) is 0.462. The van der Waals surface area contributed by atoms with Crippen LogP contribution in [0, 0.1) is 0 Å². The summed E-state index contributed by atoms with van der Waals surface area (Å²) in [4.78, 5) is 35.7. The minimum Gasteiger partial charge on any atom is -0.460 e. The lowest BCUT2D eigenvalue weighted by Gasteiger charge is -2.12. The number of carbonyl (C=O) groups excluding carboxylic acids is 3. The first-order chi connectivity index (χ1) is 9.38. The van der Waals surface area contributed by atoms with Crippen molar-refractivity contribution in [2.45, 2.75) is 20.1 Å². The summed E-state index contributed by atoms with van der Waals surface area (Å²) in [6.45, 7) is 9.71. The number of ether oxygens (including phenoxy) is 3. The molecule has 0 aromatic carbocycles. The lowest BCUT2D eigenvalue weighted by atomic mass is 10.4. The first kappa shape index (κ1) is 17.8. The highest BCUT2D eigenvalue weighted by molar-refractivity contribution is 5.87. The molecule has 0 aliphatic rings. The molecular formula is C13H17NO6. The van der Waals surface area contributed by atoms with Crippen LogP contribution in [0.1, 0.15) is 13.8 Å². The zero-order chi connectivity index (χ0) is 15.5. The van der Waals surface area contributed by atoms with Crippen molar-refractivity contribution in [2.75, 3.05) is 19.8 Å². The van der Waals surface area contributed by atoms with Crippen LogP contribution in [0.2, 0.25) is 0 Å². The Morgan fingerprint density at radius 3 is 2.25 bits per heavy atom. The summed E-state index contributed by atoms with van der Waals surface area (Å²) in [6, 6.07) is 0. The molecule has 0 aliphatic heterocycles. The number of nitrogens with zero attached hydrogens (tertiary/aromatic N) is 1. The summed E-state index contributed by atoms with van der Waals surface area (Å²) >= 11 is 0. The smallest absolute Gasteiger partial charge is 0.335 e. The average Bonchev–Trinajstić information content (AvgIpc) is 2.37. The molecule has 0 aromatic heterocycles. The van der Waals surface area contributed by atoms with Gasteiger partial charge in [-0.05, 0) is 13.8 Å². The lowest BCUT2D eigenvalue weighted by molar-refractivity contribution is -0.147. The van der Waals surface area contributed by atoms with Gasteiger partial charge in [0.1, 0.15) is 13.2 Å². The molecule has 0 aliphatic carbocycles. The van der Waals surface area contributed by atoms with E-state index in [0.717, 1.165) is 0 Å². The summed E-state index contributed by atoms with van der Waals surface area (Å²) in [6.07, 6.45) is 0.174. The largest absolute Gasteiger partial charge is 0.460 e. The van der Waals surface area contributed by atoms with Crippen LogP contribution in [0.4, 0.5) is 0 Å². The molecule has 7 nitrogen and oxygen atoms in total. The van der Waals surface area contributed by atoms with Crippen molar-refractivity contribution in [1.82, 2.24) is 0 Å². The van der Waals surface area contributed by atoms with Gasteiger partial charge in [-0.1, -0.05) is 13.2 Å². The molecule has 0 heterocycles. The molecule has 110 valence electrons. The fourth-order valence-electron chi connectivity index (χ4n) is 0.881. The predicted octanol–water partition coefficient (Wildman–Crippen LogP) is 0.903. The Hall–Kier alpha value is -2.24. The topological polar surface area (TPSA) is 91.3 Å². The second kappa shape index (κ2) is 9.66. The maximum atomic E-state index is 11.2. The van der Waals surface area contributed by atoms with Crippen LogP contribution in [0.5, 0.6) is 0 Å². The standard InChI is InChI=1S/C13H17NO6/c1-9(2)12(16)19-6-5-18-7-11(14-8-15)20-13(17)10(3)4/h11H,1,3,5-7H2,2,4H3. The van der Waals surface area contributed by atoms with E-state index >= 15 is 0 Å². The van der Waals surface area contributed by atoms with Crippen LogP contribution in [-0.2, 0) is 28.6 Å². The fourth-order valence-corrected chi connectivity index (χ4v) is 0.881. The molecule has 7 heteroatoms. The Morgan fingerprint density at radius 1 is 1.15 bits per heavy atom. The summed E-state index contributed by atoms with van der Waals surface area (Å²) in [7, 11) is 0. The Kier molecular flexibility index (Phi) is 8.58. The summed E-state index contributed by atoms with van der Waals surface area (Å²) in [5.41, 5.74) is 0.454. The number of hydrogen-bond acceptors (Lipinski definition) is 7. The van der Waals surface area contributed by atoms with Crippen molar-refractivity contribution in [3.8, 4) is 0 Å². The Labute approximate surface area is 116 Å². The molecule has 1 unspecified atom stereocenters. The zero-order valence-electron chi connectivity index (χ0n) is 11.5. The average molecular weight is 283 g/mol. The molecule has 0 rings (SSSR count). The van der Waals surface area contributed by atoms with E-state index < -0.39 is 18.2 Å². The highest BCUT2D eigenvalue weighted by atomic mass is 16.6. The number of rotatable bonds is 9. The monoisotopic (exact) mass is 283 g/mol. The van der Waals surface area contributed by atoms with E-state index in [0.29, 0.717) is 0 Å². The van der Waals surface area contributed by atoms with Crippen LogP contribution in [0.15, 0.2) is 29.3 Å². The Bertz CT molecular complexity index is 436. The van der Waals surface area contributed by atoms with Gasteiger partial charge >= 0.3 is 11.9 Å². The second-order valence-electron chi connectivity index (χ2n) is 3.85. The van der Waals surface area contributed by atoms with Gasteiger partial charge in [0, 0.05) is 11.1 Å². The van der Waals surface area contributed by atoms with E-state index in [9.17, 15) is 14.4 Å². The van der Waals surface area contributed by atoms with Gasteiger partial charge in [-0.3, -0.25) is 0 Å². The van der Waals surface area contributed by atoms with Crippen LogP contribution in [0.3, 0.4) is 0 Å². The number of isocyanates is 1. The van der Waals surface area contributed by atoms with Gasteiger partial charge in [-0.15, -0.1) is 0 Å². The zero-order valence-corrected chi connectivity index (χ0v) is 11.5. The van der Waals surface area contributed by atoms with Crippen molar-refractivity contribution >= 4 is 18.0 Å². The molecule has 20 heavy (non-hydrogen) atoms. The number of hydrogen-bond donors (Lipinski definition) is 0. The van der Waals surface area contributed by atoms with Gasteiger partial charge in [0.25, 0.3) is 0 Å². The van der Waals surface area contributed by atoms with Gasteiger partial charge in [0.15, 0.2) is 0 Å². The molecule has 0 fully saturated rings. The van der Waals surface area contributed by atoms with Crippen LogP contribution < -0.4 is 0 Å². The second-order valence-corrected chi connectivity index (χ2v) is 3.85. The maximum Gasteiger partial charge on any atom is 0.335 e. The molecule has 0 amide bonds. The molecule has 0 radical (unpaired) electrons. The number of aliphatic imine (C=N–C) groups is 1. The lowest BCUT2D eigenvalue weighted by Crippen LogP contribution is -2.23. The quantitative estimate of drug-likeness (QED) is 0.205. The van der Waals surface area contributed by atoms with Gasteiger partial charge < -0.3 is 14.2 Å². The molecule has 0 saturated heterocycles. The van der Waals surface area contributed by atoms with Gasteiger partial charge in [0.2, 0.25) is 12.3 Å².